The Morgan fingerprint density at radius 2 is 0.930 bits per heavy atom. The second-order valence-corrected chi connectivity index (χ2v) is 15.1. The van der Waals surface area contributed by atoms with Crippen molar-refractivity contribution in [2.75, 3.05) is 0 Å². The molecule has 0 saturated heterocycles. The number of hydrogen-bond acceptors (Lipinski definition) is 4. The standard InChI is InChI=1S/C51H42N2O4/c54-50(48(43-29-13-21-35-17-4-7-25-39(35)43)42-28-12-20-34-16-2-1-3-24-38(34)42)52(56)46-32-10-11-33-47(46)53(57)51(55)49(44-30-14-22-36-18-5-8-26-40(36)44)45-31-15-23-37-19-6-9-27-41(37)45/h4-9,12-31,46-49,56-57H,3,10-11,32-33H2. The molecular weight excluding hydrogens is 705 g/mol. The van der Waals surface area contributed by atoms with E-state index >= 15 is 9.59 Å². The summed E-state index contributed by atoms with van der Waals surface area (Å²) in [5.41, 5.74) is 3.07. The number of benzene rings is 7. The van der Waals surface area contributed by atoms with E-state index in [0.717, 1.165) is 88.0 Å². The van der Waals surface area contributed by atoms with Crippen LogP contribution in [-0.4, -0.2) is 44.4 Å². The van der Waals surface area contributed by atoms with Gasteiger partial charge in [0.1, 0.15) is 0 Å². The summed E-state index contributed by atoms with van der Waals surface area (Å²) >= 11 is 0. The molecule has 57 heavy (non-hydrogen) atoms. The van der Waals surface area contributed by atoms with Gasteiger partial charge in [-0.1, -0.05) is 176 Å². The van der Waals surface area contributed by atoms with Crippen LogP contribution in [0.1, 0.15) is 66.2 Å². The van der Waals surface area contributed by atoms with Gasteiger partial charge in [0, 0.05) is 6.42 Å². The van der Waals surface area contributed by atoms with Crippen molar-refractivity contribution >= 4 is 56.3 Å². The highest BCUT2D eigenvalue weighted by molar-refractivity contribution is 5.99. The van der Waals surface area contributed by atoms with E-state index in [2.05, 4.69) is 11.8 Å². The molecule has 0 radical (unpaired) electrons. The van der Waals surface area contributed by atoms with Crippen LogP contribution >= 0.6 is 0 Å². The van der Waals surface area contributed by atoms with Crippen molar-refractivity contribution in [1.29, 1.82) is 0 Å². The number of carbonyl (C=O) groups excluding carboxylic acids is 2. The summed E-state index contributed by atoms with van der Waals surface area (Å²) < 4.78 is 0. The summed E-state index contributed by atoms with van der Waals surface area (Å²) in [6.07, 6.45) is 6.72. The summed E-state index contributed by atoms with van der Waals surface area (Å²) in [7, 11) is 0. The molecule has 0 bridgehead atoms. The predicted octanol–water partition coefficient (Wildman–Crippen LogP) is 8.83. The van der Waals surface area contributed by atoms with Gasteiger partial charge in [-0.3, -0.25) is 20.0 Å². The Morgan fingerprint density at radius 1 is 0.526 bits per heavy atom. The molecule has 2 aliphatic rings. The predicted molar refractivity (Wildman–Crippen MR) is 226 cm³/mol. The van der Waals surface area contributed by atoms with Crippen molar-refractivity contribution in [3.8, 4) is 11.8 Å². The molecule has 9 rings (SSSR count). The number of nitrogens with zero attached hydrogens (tertiary/aromatic N) is 2. The first-order chi connectivity index (χ1) is 28.0. The molecule has 7 aromatic rings. The van der Waals surface area contributed by atoms with Gasteiger partial charge in [-0.2, -0.15) is 0 Å². The average Bonchev–Trinajstić information content (AvgIpc) is 3.53. The quantitative estimate of drug-likeness (QED) is 0.0926. The maximum atomic E-state index is 15.2. The van der Waals surface area contributed by atoms with E-state index in [-0.39, 0.29) is 0 Å². The monoisotopic (exact) mass is 746 g/mol. The van der Waals surface area contributed by atoms with Gasteiger partial charge in [0.25, 0.3) is 11.8 Å². The molecule has 6 nitrogen and oxygen atoms in total. The lowest BCUT2D eigenvalue weighted by atomic mass is 9.82. The molecule has 3 unspecified atom stereocenters. The van der Waals surface area contributed by atoms with Crippen LogP contribution in [0.4, 0.5) is 0 Å². The molecule has 1 fully saturated rings. The Labute approximate surface area is 331 Å². The number of hydrogen-bond donors (Lipinski definition) is 2. The van der Waals surface area contributed by atoms with E-state index < -0.39 is 35.7 Å². The van der Waals surface area contributed by atoms with Crippen molar-refractivity contribution in [3.63, 3.8) is 0 Å². The van der Waals surface area contributed by atoms with E-state index in [9.17, 15) is 10.4 Å². The van der Waals surface area contributed by atoms with Gasteiger partial charge in [-0.05, 0) is 83.9 Å². The Balaban J connectivity index is 1.14. The Hall–Kier alpha value is -6.52. The summed E-state index contributed by atoms with van der Waals surface area (Å²) in [6.45, 7) is 0. The number of amides is 2. The third kappa shape index (κ3) is 6.65. The lowest BCUT2D eigenvalue weighted by molar-refractivity contribution is -0.213. The fourth-order valence-electron chi connectivity index (χ4n) is 9.18. The normalized spacial score (nSPS) is 16.8. The van der Waals surface area contributed by atoms with Crippen LogP contribution in [0.2, 0.25) is 0 Å². The molecule has 2 N–H and O–H groups in total. The zero-order chi connectivity index (χ0) is 38.9. The highest BCUT2D eigenvalue weighted by atomic mass is 16.5. The van der Waals surface area contributed by atoms with E-state index in [1.807, 2.05) is 158 Å². The number of carbonyl (C=O) groups is 2. The molecule has 2 aliphatic carbocycles. The highest BCUT2D eigenvalue weighted by Gasteiger charge is 2.43. The van der Waals surface area contributed by atoms with E-state index in [0.29, 0.717) is 19.3 Å². The number of fused-ring (bicyclic) bond motifs is 4. The third-order valence-corrected chi connectivity index (χ3v) is 11.9. The van der Waals surface area contributed by atoms with Crippen LogP contribution < -0.4 is 10.4 Å². The molecule has 280 valence electrons. The zero-order valence-corrected chi connectivity index (χ0v) is 31.5. The summed E-state index contributed by atoms with van der Waals surface area (Å²) in [5.74, 6) is 3.47. The van der Waals surface area contributed by atoms with Crippen LogP contribution in [0.25, 0.3) is 44.5 Å². The van der Waals surface area contributed by atoms with E-state index in [4.69, 9.17) is 0 Å². The maximum absolute atomic E-state index is 15.2. The molecular formula is C51H42N2O4. The third-order valence-electron chi connectivity index (χ3n) is 11.9. The van der Waals surface area contributed by atoms with Crippen molar-refractivity contribution in [2.45, 2.75) is 56.0 Å². The molecule has 0 aromatic heterocycles. The fraction of sp³-hybridized carbons (Fsp3) is 0.176. The van der Waals surface area contributed by atoms with Gasteiger partial charge in [0.2, 0.25) is 0 Å². The highest BCUT2D eigenvalue weighted by Crippen LogP contribution is 2.39. The average molecular weight is 747 g/mol. The van der Waals surface area contributed by atoms with Gasteiger partial charge in [0.15, 0.2) is 0 Å². The minimum absolute atomic E-state index is 0.410. The van der Waals surface area contributed by atoms with Gasteiger partial charge in [0.05, 0.1) is 23.9 Å². The van der Waals surface area contributed by atoms with Crippen LogP contribution in [-0.2, 0) is 9.59 Å². The SMILES string of the molecule is O=C(C(c1cccc2c1=CCC#CC=2)c1cccc2ccccc12)N(O)C1CCCCC1N(O)C(=O)C(c1cccc2ccccc12)c1cccc2ccccc12. The Kier molecular flexibility index (Phi) is 9.86. The second-order valence-electron chi connectivity index (χ2n) is 15.1. The first-order valence-corrected chi connectivity index (χ1v) is 19.7. The van der Waals surface area contributed by atoms with Crippen molar-refractivity contribution in [1.82, 2.24) is 10.1 Å². The zero-order valence-electron chi connectivity index (χ0n) is 31.5. The Bertz CT molecular complexity index is 2780. The minimum atomic E-state index is -0.886. The smallest absolute Gasteiger partial charge is 0.258 e. The summed E-state index contributed by atoms with van der Waals surface area (Å²) in [6, 6.07) is 45.8. The van der Waals surface area contributed by atoms with Crippen LogP contribution in [0.5, 0.6) is 0 Å². The van der Waals surface area contributed by atoms with Gasteiger partial charge in [-0.25, -0.2) is 10.1 Å². The second kappa shape index (κ2) is 15.5. The van der Waals surface area contributed by atoms with Crippen molar-refractivity contribution in [2.24, 2.45) is 0 Å². The lowest BCUT2D eigenvalue weighted by Gasteiger charge is -2.41. The fourth-order valence-corrected chi connectivity index (χ4v) is 9.18. The van der Waals surface area contributed by atoms with Crippen molar-refractivity contribution in [3.05, 3.63) is 178 Å². The van der Waals surface area contributed by atoms with Crippen LogP contribution in [0.3, 0.4) is 0 Å². The maximum Gasteiger partial charge on any atom is 0.258 e. The molecule has 0 heterocycles. The molecule has 1 saturated carbocycles. The van der Waals surface area contributed by atoms with Crippen LogP contribution in [0.15, 0.2) is 146 Å². The number of hydroxylamine groups is 4. The first-order valence-electron chi connectivity index (χ1n) is 19.7. The topological polar surface area (TPSA) is 81.1 Å². The summed E-state index contributed by atoms with van der Waals surface area (Å²) in [4.78, 5) is 30.4. The summed E-state index contributed by atoms with van der Waals surface area (Å²) in [5, 5.41) is 33.8. The lowest BCUT2D eigenvalue weighted by Crippen LogP contribution is -2.56. The van der Waals surface area contributed by atoms with Crippen LogP contribution in [0, 0.1) is 11.8 Å². The molecule has 0 aliphatic heterocycles. The molecule has 2 amide bonds. The molecule has 3 atom stereocenters. The van der Waals surface area contributed by atoms with Gasteiger partial charge < -0.3 is 0 Å². The molecule has 6 heteroatoms. The number of rotatable bonds is 8. The first kappa shape index (κ1) is 36.1. The van der Waals surface area contributed by atoms with Gasteiger partial charge >= 0.3 is 0 Å². The van der Waals surface area contributed by atoms with Gasteiger partial charge in [-0.15, -0.1) is 0 Å². The largest absolute Gasteiger partial charge is 0.286 e. The van der Waals surface area contributed by atoms with Crippen molar-refractivity contribution < 1.29 is 20.0 Å². The van der Waals surface area contributed by atoms with E-state index in [1.54, 1.807) is 0 Å². The molecule has 7 aromatic carbocycles. The van der Waals surface area contributed by atoms with E-state index in [1.165, 1.54) is 0 Å². The molecule has 0 spiro atoms. The Morgan fingerprint density at radius 3 is 1.42 bits per heavy atom. The minimum Gasteiger partial charge on any atom is -0.286 e.